The van der Waals surface area contributed by atoms with Crippen LogP contribution in [0.1, 0.15) is 86.7 Å². The number of cyclic esters (lactones) is 1. The van der Waals surface area contributed by atoms with Gasteiger partial charge in [-0.1, -0.05) is 51.9 Å². The maximum absolute atomic E-state index is 12.1. The summed E-state index contributed by atoms with van der Waals surface area (Å²) in [5.74, 6) is 0.951. The van der Waals surface area contributed by atoms with Crippen LogP contribution in [-0.4, -0.2) is 20.2 Å². The molecule has 1 atom stereocenters. The summed E-state index contributed by atoms with van der Waals surface area (Å²) in [6, 6.07) is 3.64. The predicted octanol–water partition coefficient (Wildman–Crippen LogP) is 5.45. The fourth-order valence-corrected chi connectivity index (χ4v) is 3.29. The quantitative estimate of drug-likeness (QED) is 0.399. The van der Waals surface area contributed by atoms with Crippen molar-refractivity contribution in [3.05, 3.63) is 23.3 Å². The van der Waals surface area contributed by atoms with Crippen molar-refractivity contribution in [2.24, 2.45) is 0 Å². The number of ether oxygens (including phenoxy) is 3. The van der Waals surface area contributed by atoms with E-state index in [4.69, 9.17) is 14.2 Å². The maximum atomic E-state index is 12.1. The van der Waals surface area contributed by atoms with Crippen LogP contribution in [0.3, 0.4) is 0 Å². The molecule has 1 heterocycles. The van der Waals surface area contributed by atoms with Crippen molar-refractivity contribution in [1.82, 2.24) is 0 Å². The number of methoxy groups -OCH3 is 2. The fourth-order valence-electron chi connectivity index (χ4n) is 3.29. The first-order chi connectivity index (χ1) is 11.7. The molecular weight excluding hydrogens is 304 g/mol. The molecule has 1 aromatic rings. The van der Waals surface area contributed by atoms with E-state index < -0.39 is 0 Å². The molecule has 0 spiro atoms. The third-order valence-electron chi connectivity index (χ3n) is 4.68. The van der Waals surface area contributed by atoms with Gasteiger partial charge >= 0.3 is 5.97 Å². The Kier molecular flexibility index (Phi) is 7.41. The molecule has 0 aromatic heterocycles. The molecule has 1 unspecified atom stereocenters. The van der Waals surface area contributed by atoms with Crippen LogP contribution in [0.15, 0.2) is 12.1 Å². The first-order valence-electron chi connectivity index (χ1n) is 9.18. The lowest BCUT2D eigenvalue weighted by Gasteiger charge is -2.12. The summed E-state index contributed by atoms with van der Waals surface area (Å²) in [7, 11) is 3.18. The number of unbranched alkanes of at least 4 members (excludes halogenated alkanes) is 7. The van der Waals surface area contributed by atoms with E-state index in [9.17, 15) is 4.79 Å². The highest BCUT2D eigenvalue weighted by Gasteiger charge is 2.34. The van der Waals surface area contributed by atoms with Crippen molar-refractivity contribution in [2.75, 3.05) is 14.2 Å². The number of hydrogen-bond donors (Lipinski definition) is 0. The number of esters is 1. The summed E-state index contributed by atoms with van der Waals surface area (Å²) in [5, 5.41) is 0. The second kappa shape index (κ2) is 9.55. The van der Waals surface area contributed by atoms with Crippen molar-refractivity contribution >= 4 is 5.97 Å². The van der Waals surface area contributed by atoms with Crippen LogP contribution >= 0.6 is 0 Å². The first-order valence-corrected chi connectivity index (χ1v) is 9.18. The molecule has 0 fully saturated rings. The van der Waals surface area contributed by atoms with Crippen molar-refractivity contribution in [3.63, 3.8) is 0 Å². The van der Waals surface area contributed by atoms with Gasteiger partial charge in [-0.05, 0) is 18.9 Å². The lowest BCUT2D eigenvalue weighted by molar-refractivity contribution is 0.0361. The molecule has 1 aliphatic heterocycles. The minimum Gasteiger partial charge on any atom is -0.497 e. The zero-order chi connectivity index (χ0) is 17.4. The highest BCUT2D eigenvalue weighted by Crippen LogP contribution is 2.41. The molecule has 0 radical (unpaired) electrons. The van der Waals surface area contributed by atoms with Crippen molar-refractivity contribution < 1.29 is 19.0 Å². The van der Waals surface area contributed by atoms with E-state index in [1.54, 1.807) is 20.3 Å². The second-order valence-electron chi connectivity index (χ2n) is 6.45. The monoisotopic (exact) mass is 334 g/mol. The summed E-state index contributed by atoms with van der Waals surface area (Å²) >= 11 is 0. The molecule has 24 heavy (non-hydrogen) atoms. The Morgan fingerprint density at radius 1 is 0.958 bits per heavy atom. The molecule has 0 bridgehead atoms. The van der Waals surface area contributed by atoms with Gasteiger partial charge in [0.1, 0.15) is 23.2 Å². The average Bonchev–Trinajstić information content (AvgIpc) is 2.92. The number of carbonyl (C=O) groups excluding carboxylic acids is 1. The van der Waals surface area contributed by atoms with Gasteiger partial charge in [0.2, 0.25) is 0 Å². The minimum absolute atomic E-state index is 0.170. The molecule has 1 aromatic carbocycles. The summed E-state index contributed by atoms with van der Waals surface area (Å²) in [5.41, 5.74) is 1.46. The zero-order valence-corrected chi connectivity index (χ0v) is 15.2. The smallest absolute Gasteiger partial charge is 0.342 e. The summed E-state index contributed by atoms with van der Waals surface area (Å²) in [6.45, 7) is 2.24. The van der Waals surface area contributed by atoms with E-state index in [1.807, 2.05) is 6.07 Å². The number of fused-ring (bicyclic) bond motifs is 1. The summed E-state index contributed by atoms with van der Waals surface area (Å²) in [6.07, 6.45) is 10.9. The van der Waals surface area contributed by atoms with Crippen LogP contribution in [0.2, 0.25) is 0 Å². The van der Waals surface area contributed by atoms with Gasteiger partial charge in [-0.2, -0.15) is 0 Å². The molecule has 1 aliphatic rings. The topological polar surface area (TPSA) is 44.8 Å². The highest BCUT2D eigenvalue weighted by atomic mass is 16.6. The highest BCUT2D eigenvalue weighted by molar-refractivity contribution is 5.97. The van der Waals surface area contributed by atoms with E-state index in [1.165, 1.54) is 44.9 Å². The Balaban J connectivity index is 1.85. The third kappa shape index (κ3) is 4.65. The van der Waals surface area contributed by atoms with Crippen molar-refractivity contribution in [1.29, 1.82) is 0 Å². The molecule has 0 amide bonds. The Morgan fingerprint density at radius 2 is 1.62 bits per heavy atom. The molecule has 0 saturated carbocycles. The first kappa shape index (κ1) is 18.6. The van der Waals surface area contributed by atoms with E-state index in [-0.39, 0.29) is 12.1 Å². The van der Waals surface area contributed by atoms with E-state index in [0.29, 0.717) is 17.1 Å². The van der Waals surface area contributed by atoms with Gasteiger partial charge in [-0.15, -0.1) is 0 Å². The van der Waals surface area contributed by atoms with Crippen LogP contribution in [0.25, 0.3) is 0 Å². The van der Waals surface area contributed by atoms with E-state index in [2.05, 4.69) is 6.92 Å². The maximum Gasteiger partial charge on any atom is 0.342 e. The second-order valence-corrected chi connectivity index (χ2v) is 6.45. The average molecular weight is 334 g/mol. The van der Waals surface area contributed by atoms with Gasteiger partial charge in [-0.25, -0.2) is 4.79 Å². The molecule has 0 N–H and O–H groups in total. The predicted molar refractivity (Wildman–Crippen MR) is 94.9 cm³/mol. The largest absolute Gasteiger partial charge is 0.497 e. The van der Waals surface area contributed by atoms with Gasteiger partial charge in [0.25, 0.3) is 0 Å². The third-order valence-corrected chi connectivity index (χ3v) is 4.68. The number of rotatable bonds is 11. The normalized spacial score (nSPS) is 16.0. The van der Waals surface area contributed by atoms with Crippen LogP contribution in [-0.2, 0) is 4.74 Å². The van der Waals surface area contributed by atoms with Crippen molar-refractivity contribution in [3.8, 4) is 11.5 Å². The summed E-state index contributed by atoms with van der Waals surface area (Å²) < 4.78 is 16.2. The van der Waals surface area contributed by atoms with Gasteiger partial charge in [0.15, 0.2) is 0 Å². The Morgan fingerprint density at radius 3 is 2.25 bits per heavy atom. The zero-order valence-electron chi connectivity index (χ0n) is 15.2. The van der Waals surface area contributed by atoms with Crippen LogP contribution in [0.4, 0.5) is 0 Å². The number of hydrogen-bond acceptors (Lipinski definition) is 4. The molecule has 4 nitrogen and oxygen atoms in total. The lowest BCUT2D eigenvalue weighted by atomic mass is 9.98. The molecule has 4 heteroatoms. The Bertz CT molecular complexity index is 539. The summed E-state index contributed by atoms with van der Waals surface area (Å²) in [4.78, 5) is 12.1. The lowest BCUT2D eigenvalue weighted by Crippen LogP contribution is -1.99. The van der Waals surface area contributed by atoms with E-state index in [0.717, 1.165) is 18.4 Å². The molecule has 2 rings (SSSR count). The fraction of sp³-hybridized carbons (Fsp3) is 0.650. The molecule has 0 saturated heterocycles. The molecule has 134 valence electrons. The van der Waals surface area contributed by atoms with Crippen LogP contribution in [0.5, 0.6) is 11.5 Å². The number of carbonyl (C=O) groups is 1. The number of benzene rings is 1. The molecule has 0 aliphatic carbocycles. The van der Waals surface area contributed by atoms with Crippen LogP contribution in [0, 0.1) is 0 Å². The van der Waals surface area contributed by atoms with Crippen LogP contribution < -0.4 is 9.47 Å². The van der Waals surface area contributed by atoms with E-state index >= 15 is 0 Å². The van der Waals surface area contributed by atoms with Gasteiger partial charge in [-0.3, -0.25) is 0 Å². The Labute approximate surface area is 145 Å². The minimum atomic E-state index is -0.283. The van der Waals surface area contributed by atoms with Crippen molar-refractivity contribution in [2.45, 2.75) is 70.8 Å². The standard InChI is InChI=1S/C20H30O4/c1-4-5-6-7-8-9-10-11-12-17-16-13-15(22-2)14-18(23-3)19(16)20(21)24-17/h13-14,17H,4-12H2,1-3H3. The van der Waals surface area contributed by atoms with Gasteiger partial charge in [0.05, 0.1) is 14.2 Å². The molecular formula is C20H30O4. The Hall–Kier alpha value is -1.71. The SMILES string of the molecule is CCCCCCCCCCC1OC(=O)c2c(OC)cc(OC)cc21. The van der Waals surface area contributed by atoms with Gasteiger partial charge < -0.3 is 14.2 Å². The van der Waals surface area contributed by atoms with Gasteiger partial charge in [0, 0.05) is 11.6 Å².